The highest BCUT2D eigenvalue weighted by Crippen LogP contribution is 2.26. The summed E-state index contributed by atoms with van der Waals surface area (Å²) in [6.07, 6.45) is 0. The van der Waals surface area contributed by atoms with Gasteiger partial charge in [-0.2, -0.15) is 0 Å². The highest BCUT2D eigenvalue weighted by molar-refractivity contribution is 9.10. The first-order chi connectivity index (χ1) is 10.2. The molecule has 0 fully saturated rings. The molecule has 106 valence electrons. The number of halogens is 1. The average Bonchev–Trinajstić information content (AvgIpc) is 2.98. The van der Waals surface area contributed by atoms with Gasteiger partial charge in [0.05, 0.1) is 0 Å². The SMILES string of the molecule is Cc1ccc(NCc2cc(-c3ccccc3)cs2)cc1Br. The van der Waals surface area contributed by atoms with Gasteiger partial charge in [0.25, 0.3) is 0 Å². The van der Waals surface area contributed by atoms with Crippen LogP contribution in [-0.2, 0) is 6.54 Å². The quantitative estimate of drug-likeness (QED) is 0.594. The minimum absolute atomic E-state index is 0.854. The van der Waals surface area contributed by atoms with Crippen molar-refractivity contribution in [2.24, 2.45) is 0 Å². The van der Waals surface area contributed by atoms with Gasteiger partial charge in [-0.15, -0.1) is 11.3 Å². The Labute approximate surface area is 137 Å². The maximum absolute atomic E-state index is 3.57. The number of thiophene rings is 1. The van der Waals surface area contributed by atoms with Gasteiger partial charge < -0.3 is 5.32 Å². The van der Waals surface area contributed by atoms with Crippen LogP contribution in [0.3, 0.4) is 0 Å². The molecule has 3 rings (SSSR count). The highest BCUT2D eigenvalue weighted by atomic mass is 79.9. The van der Waals surface area contributed by atoms with Crippen molar-refractivity contribution in [2.45, 2.75) is 13.5 Å². The van der Waals surface area contributed by atoms with Crippen LogP contribution in [-0.4, -0.2) is 0 Å². The molecular weight excluding hydrogens is 342 g/mol. The molecule has 1 N–H and O–H groups in total. The highest BCUT2D eigenvalue weighted by Gasteiger charge is 2.03. The molecule has 21 heavy (non-hydrogen) atoms. The lowest BCUT2D eigenvalue weighted by Gasteiger charge is -2.06. The molecule has 1 aromatic heterocycles. The number of hydrogen-bond acceptors (Lipinski definition) is 2. The third-order valence-corrected chi connectivity index (χ3v) is 5.19. The van der Waals surface area contributed by atoms with E-state index < -0.39 is 0 Å². The standard InChI is InChI=1S/C18H16BrNS/c1-13-7-8-16(10-18(13)19)20-11-17-9-15(12-21-17)14-5-3-2-4-6-14/h2-10,12,20H,11H2,1H3. The van der Waals surface area contributed by atoms with Gasteiger partial charge in [0, 0.05) is 21.6 Å². The van der Waals surface area contributed by atoms with Crippen LogP contribution in [0.5, 0.6) is 0 Å². The van der Waals surface area contributed by atoms with Gasteiger partial charge in [-0.1, -0.05) is 52.3 Å². The molecule has 0 radical (unpaired) electrons. The summed E-state index contributed by atoms with van der Waals surface area (Å²) < 4.78 is 1.14. The molecule has 0 saturated carbocycles. The Morgan fingerprint density at radius 2 is 1.81 bits per heavy atom. The molecule has 0 spiro atoms. The summed E-state index contributed by atoms with van der Waals surface area (Å²) in [6, 6.07) is 19.1. The fraction of sp³-hybridized carbons (Fsp3) is 0.111. The summed E-state index contributed by atoms with van der Waals surface area (Å²) >= 11 is 5.37. The van der Waals surface area contributed by atoms with Gasteiger partial charge in [0.1, 0.15) is 0 Å². The Hall–Kier alpha value is -1.58. The van der Waals surface area contributed by atoms with E-state index in [1.54, 1.807) is 11.3 Å². The Kier molecular flexibility index (Phi) is 4.42. The second-order valence-electron chi connectivity index (χ2n) is 4.99. The molecule has 0 aliphatic heterocycles. The fourth-order valence-electron chi connectivity index (χ4n) is 2.15. The van der Waals surface area contributed by atoms with Crippen molar-refractivity contribution in [3.05, 3.63) is 74.9 Å². The van der Waals surface area contributed by atoms with E-state index in [-0.39, 0.29) is 0 Å². The van der Waals surface area contributed by atoms with Crippen LogP contribution in [0, 0.1) is 6.92 Å². The molecule has 0 atom stereocenters. The first kappa shape index (κ1) is 14.4. The maximum Gasteiger partial charge on any atom is 0.0494 e. The number of benzene rings is 2. The Bertz CT molecular complexity index is 734. The molecule has 2 aromatic carbocycles. The lowest BCUT2D eigenvalue weighted by molar-refractivity contribution is 1.19. The monoisotopic (exact) mass is 357 g/mol. The van der Waals surface area contributed by atoms with Gasteiger partial charge in [-0.25, -0.2) is 0 Å². The number of anilines is 1. The maximum atomic E-state index is 3.57. The first-order valence-corrected chi connectivity index (χ1v) is 8.52. The summed E-state index contributed by atoms with van der Waals surface area (Å²) in [5.41, 5.74) is 4.96. The molecule has 0 aliphatic rings. The second kappa shape index (κ2) is 6.46. The van der Waals surface area contributed by atoms with Crippen LogP contribution < -0.4 is 5.32 Å². The van der Waals surface area contributed by atoms with E-state index >= 15 is 0 Å². The number of rotatable bonds is 4. The van der Waals surface area contributed by atoms with Crippen LogP contribution in [0.4, 0.5) is 5.69 Å². The minimum atomic E-state index is 0.854. The van der Waals surface area contributed by atoms with Crippen molar-refractivity contribution < 1.29 is 0 Å². The molecule has 3 heteroatoms. The fourth-order valence-corrected chi connectivity index (χ4v) is 3.36. The smallest absolute Gasteiger partial charge is 0.0494 e. The summed E-state index contributed by atoms with van der Waals surface area (Å²) in [5, 5.41) is 5.69. The number of nitrogens with one attached hydrogen (secondary N) is 1. The Morgan fingerprint density at radius 3 is 2.57 bits per heavy atom. The van der Waals surface area contributed by atoms with Crippen LogP contribution in [0.25, 0.3) is 11.1 Å². The molecule has 0 bridgehead atoms. The predicted molar refractivity (Wildman–Crippen MR) is 96.0 cm³/mol. The Balaban J connectivity index is 1.69. The van der Waals surface area contributed by atoms with Crippen LogP contribution in [0.2, 0.25) is 0 Å². The van der Waals surface area contributed by atoms with Gasteiger partial charge in [-0.3, -0.25) is 0 Å². The molecule has 0 aliphatic carbocycles. The zero-order valence-electron chi connectivity index (χ0n) is 11.8. The van der Waals surface area contributed by atoms with Crippen molar-refractivity contribution in [2.75, 3.05) is 5.32 Å². The Morgan fingerprint density at radius 1 is 1.00 bits per heavy atom. The van der Waals surface area contributed by atoms with Crippen molar-refractivity contribution >= 4 is 33.0 Å². The van der Waals surface area contributed by atoms with Crippen molar-refractivity contribution in [3.63, 3.8) is 0 Å². The number of aryl methyl sites for hydroxylation is 1. The molecule has 0 amide bonds. The van der Waals surface area contributed by atoms with Gasteiger partial charge >= 0.3 is 0 Å². The summed E-state index contributed by atoms with van der Waals surface area (Å²) in [4.78, 5) is 1.34. The first-order valence-electron chi connectivity index (χ1n) is 6.85. The predicted octanol–water partition coefficient (Wildman–Crippen LogP) is 6.10. The van der Waals surface area contributed by atoms with E-state index in [9.17, 15) is 0 Å². The molecular formula is C18H16BrNS. The summed E-state index contributed by atoms with van der Waals surface area (Å²) in [6.45, 7) is 2.95. The van der Waals surface area contributed by atoms with E-state index in [0.717, 1.165) is 16.7 Å². The molecule has 1 nitrogen and oxygen atoms in total. The lowest BCUT2D eigenvalue weighted by Crippen LogP contribution is -1.97. The minimum Gasteiger partial charge on any atom is -0.380 e. The van der Waals surface area contributed by atoms with E-state index in [1.165, 1.54) is 21.6 Å². The zero-order chi connectivity index (χ0) is 14.7. The van der Waals surface area contributed by atoms with Gasteiger partial charge in [0.2, 0.25) is 0 Å². The van der Waals surface area contributed by atoms with Crippen LogP contribution >= 0.6 is 27.3 Å². The summed E-state index contributed by atoms with van der Waals surface area (Å²) in [5.74, 6) is 0. The van der Waals surface area contributed by atoms with E-state index in [4.69, 9.17) is 0 Å². The molecule has 1 heterocycles. The third kappa shape index (κ3) is 3.55. The van der Waals surface area contributed by atoms with Crippen molar-refractivity contribution in [3.8, 4) is 11.1 Å². The lowest BCUT2D eigenvalue weighted by atomic mass is 10.1. The largest absolute Gasteiger partial charge is 0.380 e. The normalized spacial score (nSPS) is 10.6. The van der Waals surface area contributed by atoms with Crippen LogP contribution in [0.1, 0.15) is 10.4 Å². The molecule has 0 unspecified atom stereocenters. The average molecular weight is 358 g/mol. The van der Waals surface area contributed by atoms with E-state index in [2.05, 4.69) is 82.1 Å². The third-order valence-electron chi connectivity index (χ3n) is 3.40. The molecule has 3 aromatic rings. The van der Waals surface area contributed by atoms with Gasteiger partial charge in [0.15, 0.2) is 0 Å². The van der Waals surface area contributed by atoms with Crippen molar-refractivity contribution in [1.82, 2.24) is 0 Å². The van der Waals surface area contributed by atoms with E-state index in [0.29, 0.717) is 0 Å². The van der Waals surface area contributed by atoms with Gasteiger partial charge in [-0.05, 0) is 47.2 Å². The summed E-state index contributed by atoms with van der Waals surface area (Å²) in [7, 11) is 0. The van der Waals surface area contributed by atoms with E-state index in [1.807, 2.05) is 6.07 Å². The second-order valence-corrected chi connectivity index (χ2v) is 6.84. The number of hydrogen-bond donors (Lipinski definition) is 1. The topological polar surface area (TPSA) is 12.0 Å². The zero-order valence-corrected chi connectivity index (χ0v) is 14.2. The molecule has 0 saturated heterocycles. The van der Waals surface area contributed by atoms with Crippen molar-refractivity contribution in [1.29, 1.82) is 0 Å². The van der Waals surface area contributed by atoms with Crippen LogP contribution in [0.15, 0.2) is 64.5 Å².